The fourth-order valence-corrected chi connectivity index (χ4v) is 1.79. The number of rotatable bonds is 8. The summed E-state index contributed by atoms with van der Waals surface area (Å²) in [4.78, 5) is 11.6. The van der Waals surface area contributed by atoms with E-state index in [1.165, 1.54) is 32.1 Å². The minimum Gasteiger partial charge on any atom is -0.355 e. The van der Waals surface area contributed by atoms with Gasteiger partial charge in [0.15, 0.2) is 0 Å². The quantitative estimate of drug-likeness (QED) is 0.642. The maximum atomic E-state index is 11.6. The molecular formula is C13H22N2O. The Hall–Kier alpha value is -1.04. The lowest BCUT2D eigenvalue weighted by molar-refractivity contribution is -0.124. The summed E-state index contributed by atoms with van der Waals surface area (Å²) in [6, 6.07) is 2.11. The molecule has 1 N–H and O–H groups in total. The summed E-state index contributed by atoms with van der Waals surface area (Å²) >= 11 is 0. The fraction of sp³-hybridized carbons (Fsp3) is 0.846. The van der Waals surface area contributed by atoms with Crippen LogP contribution in [0.3, 0.4) is 0 Å². The van der Waals surface area contributed by atoms with Gasteiger partial charge in [-0.2, -0.15) is 5.26 Å². The van der Waals surface area contributed by atoms with E-state index in [0.717, 1.165) is 25.8 Å². The molecule has 16 heavy (non-hydrogen) atoms. The van der Waals surface area contributed by atoms with Crippen LogP contribution in [-0.4, -0.2) is 12.5 Å². The van der Waals surface area contributed by atoms with Crippen LogP contribution in [0.2, 0.25) is 0 Å². The lowest BCUT2D eigenvalue weighted by Gasteiger charge is -2.07. The summed E-state index contributed by atoms with van der Waals surface area (Å²) < 4.78 is 0. The van der Waals surface area contributed by atoms with Crippen molar-refractivity contribution in [2.45, 2.75) is 58.3 Å². The van der Waals surface area contributed by atoms with Crippen molar-refractivity contribution in [2.75, 3.05) is 6.54 Å². The van der Waals surface area contributed by atoms with Crippen molar-refractivity contribution in [2.24, 2.45) is 5.41 Å². The lowest BCUT2D eigenvalue weighted by atomic mass is 10.1. The van der Waals surface area contributed by atoms with Gasteiger partial charge in [-0.15, -0.1) is 0 Å². The first kappa shape index (κ1) is 13.0. The number of carbonyl (C=O) groups is 1. The van der Waals surface area contributed by atoms with Crippen LogP contribution in [0.1, 0.15) is 58.3 Å². The van der Waals surface area contributed by atoms with Gasteiger partial charge in [0.05, 0.1) is 6.07 Å². The van der Waals surface area contributed by atoms with Crippen LogP contribution >= 0.6 is 0 Å². The van der Waals surface area contributed by atoms with Gasteiger partial charge >= 0.3 is 0 Å². The second-order valence-corrected chi connectivity index (χ2v) is 4.72. The molecule has 0 radical (unpaired) electrons. The Balaban J connectivity index is 1.96. The van der Waals surface area contributed by atoms with Gasteiger partial charge in [0, 0.05) is 6.54 Å². The van der Waals surface area contributed by atoms with Crippen LogP contribution in [0.15, 0.2) is 0 Å². The molecule has 0 bridgehead atoms. The summed E-state index contributed by atoms with van der Waals surface area (Å²) in [7, 11) is 0. The van der Waals surface area contributed by atoms with Crippen molar-refractivity contribution in [3.05, 3.63) is 0 Å². The molecule has 0 unspecified atom stereocenters. The number of hydrogen-bond acceptors (Lipinski definition) is 2. The van der Waals surface area contributed by atoms with Gasteiger partial charge in [-0.1, -0.05) is 39.0 Å². The number of hydrogen-bond donors (Lipinski definition) is 1. The van der Waals surface area contributed by atoms with E-state index in [1.54, 1.807) is 0 Å². The summed E-state index contributed by atoms with van der Waals surface area (Å²) in [5.74, 6) is -0.0523. The molecular weight excluding hydrogens is 200 g/mol. The molecule has 0 saturated heterocycles. The van der Waals surface area contributed by atoms with Crippen LogP contribution in [0, 0.1) is 16.7 Å². The highest BCUT2D eigenvalue weighted by Crippen LogP contribution is 2.44. The first-order valence-electron chi connectivity index (χ1n) is 6.45. The molecule has 0 aliphatic heterocycles. The molecule has 0 heterocycles. The third-order valence-corrected chi connectivity index (χ3v) is 3.21. The van der Waals surface area contributed by atoms with Crippen molar-refractivity contribution < 1.29 is 4.79 Å². The zero-order valence-corrected chi connectivity index (χ0v) is 10.2. The molecule has 3 nitrogen and oxygen atoms in total. The van der Waals surface area contributed by atoms with E-state index in [9.17, 15) is 4.79 Å². The van der Waals surface area contributed by atoms with Crippen LogP contribution in [0.25, 0.3) is 0 Å². The minimum atomic E-state index is -0.651. The number of amides is 1. The van der Waals surface area contributed by atoms with Crippen molar-refractivity contribution in [1.29, 1.82) is 5.26 Å². The molecule has 1 aliphatic rings. The first-order valence-corrected chi connectivity index (χ1v) is 6.45. The third kappa shape index (κ3) is 3.84. The topological polar surface area (TPSA) is 52.9 Å². The maximum absolute atomic E-state index is 11.6. The Morgan fingerprint density at radius 1 is 1.25 bits per heavy atom. The van der Waals surface area contributed by atoms with Crippen molar-refractivity contribution in [3.63, 3.8) is 0 Å². The molecule has 0 aromatic rings. The predicted octanol–water partition coefficient (Wildman–Crippen LogP) is 2.77. The average molecular weight is 222 g/mol. The maximum Gasteiger partial charge on any atom is 0.240 e. The van der Waals surface area contributed by atoms with Crippen LogP contribution in [0.4, 0.5) is 0 Å². The molecule has 1 rings (SSSR count). The summed E-state index contributed by atoms with van der Waals surface area (Å²) in [6.45, 7) is 2.94. The first-order chi connectivity index (χ1) is 7.75. The predicted molar refractivity (Wildman–Crippen MR) is 63.7 cm³/mol. The number of nitrogens with one attached hydrogen (secondary N) is 1. The number of unbranched alkanes of at least 4 members (excludes halogenated alkanes) is 5. The van der Waals surface area contributed by atoms with E-state index >= 15 is 0 Å². The van der Waals surface area contributed by atoms with E-state index in [2.05, 4.69) is 18.3 Å². The minimum absolute atomic E-state index is 0.0523. The van der Waals surface area contributed by atoms with E-state index in [-0.39, 0.29) is 5.91 Å². The molecule has 0 spiro atoms. The van der Waals surface area contributed by atoms with E-state index in [4.69, 9.17) is 5.26 Å². The Morgan fingerprint density at radius 2 is 1.88 bits per heavy atom. The average Bonchev–Trinajstić information content (AvgIpc) is 3.08. The van der Waals surface area contributed by atoms with Gasteiger partial charge in [0.25, 0.3) is 0 Å². The van der Waals surface area contributed by atoms with Crippen LogP contribution < -0.4 is 5.32 Å². The number of carbonyl (C=O) groups excluding carboxylic acids is 1. The van der Waals surface area contributed by atoms with E-state index in [1.807, 2.05) is 0 Å². The van der Waals surface area contributed by atoms with Gasteiger partial charge in [0.2, 0.25) is 5.91 Å². The standard InChI is InChI=1S/C13H22N2O/c1-2-3-4-5-6-7-10-15-12(16)13(11-14)8-9-13/h2-10H2,1H3,(H,15,16). The Labute approximate surface area is 98.2 Å². The van der Waals surface area contributed by atoms with Crippen molar-refractivity contribution in [1.82, 2.24) is 5.32 Å². The van der Waals surface area contributed by atoms with Gasteiger partial charge in [-0.25, -0.2) is 0 Å². The molecule has 1 aliphatic carbocycles. The SMILES string of the molecule is CCCCCCCCNC(=O)C1(C#N)CC1. The normalized spacial score (nSPS) is 16.5. The highest BCUT2D eigenvalue weighted by atomic mass is 16.2. The Bertz CT molecular complexity index is 264. The molecule has 1 saturated carbocycles. The van der Waals surface area contributed by atoms with Crippen molar-refractivity contribution >= 4 is 5.91 Å². The Morgan fingerprint density at radius 3 is 2.44 bits per heavy atom. The van der Waals surface area contributed by atoms with E-state index in [0.29, 0.717) is 0 Å². The van der Waals surface area contributed by atoms with Gasteiger partial charge < -0.3 is 5.32 Å². The Kier molecular flexibility index (Phi) is 5.31. The summed E-state index contributed by atoms with van der Waals surface area (Å²) in [6.07, 6.45) is 8.83. The summed E-state index contributed by atoms with van der Waals surface area (Å²) in [5.41, 5.74) is -0.651. The monoisotopic (exact) mass is 222 g/mol. The van der Waals surface area contributed by atoms with Gasteiger partial charge in [-0.3, -0.25) is 4.79 Å². The van der Waals surface area contributed by atoms with Crippen molar-refractivity contribution in [3.8, 4) is 6.07 Å². The second-order valence-electron chi connectivity index (χ2n) is 4.72. The second kappa shape index (κ2) is 6.52. The zero-order valence-electron chi connectivity index (χ0n) is 10.2. The zero-order chi connectivity index (χ0) is 11.9. The summed E-state index contributed by atoms with van der Waals surface area (Å²) in [5, 5.41) is 11.7. The molecule has 0 aromatic carbocycles. The molecule has 1 amide bonds. The van der Waals surface area contributed by atoms with Crippen LogP contribution in [-0.2, 0) is 4.79 Å². The van der Waals surface area contributed by atoms with Gasteiger partial charge in [-0.05, 0) is 19.3 Å². The number of nitrogens with zero attached hydrogens (tertiary/aromatic N) is 1. The fourth-order valence-electron chi connectivity index (χ4n) is 1.79. The smallest absolute Gasteiger partial charge is 0.240 e. The molecule has 0 aromatic heterocycles. The molecule has 0 atom stereocenters. The third-order valence-electron chi connectivity index (χ3n) is 3.21. The van der Waals surface area contributed by atoms with Crippen LogP contribution in [0.5, 0.6) is 0 Å². The number of nitriles is 1. The highest BCUT2D eigenvalue weighted by molar-refractivity contribution is 5.88. The molecule has 90 valence electrons. The van der Waals surface area contributed by atoms with E-state index < -0.39 is 5.41 Å². The highest BCUT2D eigenvalue weighted by Gasteiger charge is 2.50. The molecule has 3 heteroatoms. The largest absolute Gasteiger partial charge is 0.355 e. The van der Waals surface area contributed by atoms with Gasteiger partial charge in [0.1, 0.15) is 5.41 Å². The molecule has 1 fully saturated rings. The lowest BCUT2D eigenvalue weighted by Crippen LogP contribution is -2.31.